The van der Waals surface area contributed by atoms with Crippen molar-refractivity contribution >= 4 is 40.2 Å². The number of pyridine rings is 1. The van der Waals surface area contributed by atoms with Gasteiger partial charge < -0.3 is 35.7 Å². The lowest BCUT2D eigenvalue weighted by Crippen LogP contribution is -2.48. The van der Waals surface area contributed by atoms with E-state index in [4.69, 9.17) is 15.2 Å². The zero-order valence-corrected chi connectivity index (χ0v) is 23.4. The molecule has 11 heteroatoms. The molecule has 2 heterocycles. The van der Waals surface area contributed by atoms with Gasteiger partial charge in [-0.1, -0.05) is 13.8 Å². The number of carbonyl (C=O) groups is 2. The van der Waals surface area contributed by atoms with Gasteiger partial charge in [-0.15, -0.1) is 0 Å². The Bertz CT molecular complexity index is 1300. The molecule has 0 aliphatic carbocycles. The first-order valence-electron chi connectivity index (χ1n) is 13.1. The Balaban J connectivity index is 1.87. The number of fused-ring (bicyclic) bond motifs is 1. The minimum absolute atomic E-state index is 0.0643. The number of aromatic nitrogens is 2. The number of amides is 2. The molecule has 0 fully saturated rings. The lowest BCUT2D eigenvalue weighted by atomic mass is 10.0. The maximum absolute atomic E-state index is 15.1. The van der Waals surface area contributed by atoms with E-state index in [1.807, 2.05) is 44.3 Å². The van der Waals surface area contributed by atoms with E-state index in [2.05, 4.69) is 25.5 Å². The van der Waals surface area contributed by atoms with Crippen LogP contribution in [0.1, 0.15) is 57.8 Å². The minimum atomic E-state index is -0.813. The number of hydrogen-bond donors (Lipinski definition) is 4. The third kappa shape index (κ3) is 7.82. The van der Waals surface area contributed by atoms with Crippen LogP contribution < -0.4 is 21.7 Å². The molecule has 0 bridgehead atoms. The fraction of sp³-hybridized carbons (Fsp3) is 0.464. The van der Waals surface area contributed by atoms with Gasteiger partial charge in [0.05, 0.1) is 18.2 Å². The first-order valence-corrected chi connectivity index (χ1v) is 13.1. The smallest absolute Gasteiger partial charge is 0.407 e. The summed E-state index contributed by atoms with van der Waals surface area (Å²) in [5.74, 6) is -1.49. The maximum Gasteiger partial charge on any atom is 0.407 e. The lowest BCUT2D eigenvalue weighted by Gasteiger charge is -2.29. The van der Waals surface area contributed by atoms with Crippen molar-refractivity contribution in [3.8, 4) is 0 Å². The monoisotopic (exact) mass is 542 g/mol. The van der Waals surface area contributed by atoms with Crippen LogP contribution in [-0.4, -0.2) is 53.0 Å². The summed E-state index contributed by atoms with van der Waals surface area (Å²) in [6, 6.07) is 8.03. The molecule has 212 valence electrons. The maximum atomic E-state index is 15.1. The van der Waals surface area contributed by atoms with Gasteiger partial charge in [0.15, 0.2) is 11.6 Å². The van der Waals surface area contributed by atoms with Crippen LogP contribution in [0.5, 0.6) is 0 Å². The summed E-state index contributed by atoms with van der Waals surface area (Å²) < 4.78 is 27.7. The number of hydrogen-bond acceptors (Lipinski definition) is 7. The molecule has 2 atom stereocenters. The Morgan fingerprint density at radius 2 is 1.82 bits per heavy atom. The van der Waals surface area contributed by atoms with Crippen molar-refractivity contribution in [2.75, 3.05) is 24.4 Å². The topological polar surface area (TPSA) is 133 Å². The molecule has 39 heavy (non-hydrogen) atoms. The average molecular weight is 543 g/mol. The number of rotatable bonds is 12. The van der Waals surface area contributed by atoms with Gasteiger partial charge in [-0.05, 0) is 63.9 Å². The van der Waals surface area contributed by atoms with Crippen molar-refractivity contribution in [2.45, 2.75) is 71.7 Å². The normalized spacial score (nSPS) is 13.1. The quantitative estimate of drug-likeness (QED) is 0.249. The molecule has 0 aliphatic heterocycles. The highest BCUT2D eigenvalue weighted by Gasteiger charge is 2.26. The van der Waals surface area contributed by atoms with Gasteiger partial charge in [-0.3, -0.25) is 4.79 Å². The summed E-state index contributed by atoms with van der Waals surface area (Å²) in [5, 5.41) is 10.0. The number of anilines is 3. The molecule has 0 saturated carbocycles. The summed E-state index contributed by atoms with van der Waals surface area (Å²) in [4.78, 5) is 28.9. The minimum Gasteiger partial charge on any atom is -0.444 e. The van der Waals surface area contributed by atoms with Crippen molar-refractivity contribution < 1.29 is 23.5 Å². The van der Waals surface area contributed by atoms with Crippen LogP contribution in [-0.2, 0) is 16.0 Å². The fourth-order valence-electron chi connectivity index (χ4n) is 4.28. The van der Waals surface area contributed by atoms with Crippen molar-refractivity contribution in [1.29, 1.82) is 0 Å². The number of benzene rings is 1. The van der Waals surface area contributed by atoms with Crippen LogP contribution in [0.25, 0.3) is 10.9 Å². The molecular formula is C28H39FN6O4. The van der Waals surface area contributed by atoms with Gasteiger partial charge >= 0.3 is 6.09 Å². The van der Waals surface area contributed by atoms with Gasteiger partial charge in [0.2, 0.25) is 0 Å². The highest BCUT2D eigenvalue weighted by molar-refractivity contribution is 5.99. The molecule has 10 nitrogen and oxygen atoms in total. The van der Waals surface area contributed by atoms with Crippen LogP contribution in [0.2, 0.25) is 0 Å². The average Bonchev–Trinajstić information content (AvgIpc) is 3.27. The Hall–Kier alpha value is -3.86. The number of ether oxygens (including phenoxy) is 2. The van der Waals surface area contributed by atoms with Crippen molar-refractivity contribution in [3.63, 3.8) is 0 Å². The van der Waals surface area contributed by atoms with Gasteiger partial charge in [0.1, 0.15) is 11.4 Å². The van der Waals surface area contributed by atoms with Gasteiger partial charge in [0, 0.05) is 42.5 Å². The van der Waals surface area contributed by atoms with E-state index < -0.39 is 23.4 Å². The number of carbonyl (C=O) groups excluding carboxylic acids is 2. The number of nitrogens with zero attached hydrogens (tertiary/aromatic N) is 2. The first kappa shape index (κ1) is 29.7. The second-order valence-electron chi connectivity index (χ2n) is 10.3. The number of primary amides is 1. The van der Waals surface area contributed by atoms with Crippen LogP contribution in [0, 0.1) is 5.82 Å². The molecule has 0 saturated heterocycles. The summed E-state index contributed by atoms with van der Waals surface area (Å²) in [7, 11) is 1.66. The van der Waals surface area contributed by atoms with E-state index in [1.54, 1.807) is 27.9 Å². The predicted octanol–water partition coefficient (Wildman–Crippen LogP) is 5.16. The zero-order valence-electron chi connectivity index (χ0n) is 23.4. The highest BCUT2D eigenvalue weighted by Crippen LogP contribution is 2.27. The summed E-state index contributed by atoms with van der Waals surface area (Å²) >= 11 is 0. The fourth-order valence-corrected chi connectivity index (χ4v) is 4.28. The second kappa shape index (κ2) is 12.8. The molecule has 3 aromatic rings. The predicted molar refractivity (Wildman–Crippen MR) is 151 cm³/mol. The van der Waals surface area contributed by atoms with Gasteiger partial charge in [0.25, 0.3) is 5.91 Å². The zero-order chi connectivity index (χ0) is 28.7. The van der Waals surface area contributed by atoms with E-state index in [1.165, 1.54) is 0 Å². The number of alkyl carbamates (subject to hydrolysis) is 1. The Kier molecular flexibility index (Phi) is 9.74. The summed E-state index contributed by atoms with van der Waals surface area (Å²) in [6.45, 7) is 10.5. The molecule has 0 aliphatic rings. The molecule has 1 aromatic carbocycles. The van der Waals surface area contributed by atoms with Crippen molar-refractivity contribution in [1.82, 2.24) is 14.9 Å². The Labute approximate surface area is 228 Å². The standard InChI is InChI=1S/C28H39FN6O4/c1-7-21(22(8-2)33-27(37)39-28(3,4)5)32-26-20(29)16-19(24(30)36)25(34-26)31-18-9-10-23-17(15-18)11-12-35(23)13-14-38-6/h9-12,15-16,21-22H,7-8,13-14H2,1-6H3,(H2,30,36)(H,33,37)(H2,31,32,34)/t21-,22+/m1/s1. The van der Waals surface area contributed by atoms with E-state index in [-0.39, 0.29) is 29.3 Å². The highest BCUT2D eigenvalue weighted by atomic mass is 19.1. The Morgan fingerprint density at radius 3 is 2.44 bits per heavy atom. The van der Waals surface area contributed by atoms with Gasteiger partial charge in [-0.25, -0.2) is 14.2 Å². The molecule has 0 radical (unpaired) electrons. The number of halogens is 1. The van der Waals surface area contributed by atoms with Crippen LogP contribution in [0.15, 0.2) is 36.5 Å². The van der Waals surface area contributed by atoms with Gasteiger partial charge in [-0.2, -0.15) is 0 Å². The Morgan fingerprint density at radius 1 is 1.10 bits per heavy atom. The molecule has 2 aromatic heterocycles. The largest absolute Gasteiger partial charge is 0.444 e. The second-order valence-corrected chi connectivity index (χ2v) is 10.3. The SMILES string of the molecule is CC[C@H](NC(=O)OC(C)(C)C)[C@@H](CC)Nc1nc(Nc2ccc3c(ccn3CCOC)c2)c(C(N)=O)cc1F. The summed E-state index contributed by atoms with van der Waals surface area (Å²) in [5.41, 5.74) is 6.50. The van der Waals surface area contributed by atoms with E-state index in [0.29, 0.717) is 31.7 Å². The molecule has 2 amide bonds. The molecule has 3 rings (SSSR count). The molecular weight excluding hydrogens is 503 g/mol. The number of methoxy groups -OCH3 is 1. The van der Waals surface area contributed by atoms with Crippen molar-refractivity contribution in [3.05, 3.63) is 47.9 Å². The van der Waals surface area contributed by atoms with Crippen LogP contribution >= 0.6 is 0 Å². The van der Waals surface area contributed by atoms with Crippen molar-refractivity contribution in [2.24, 2.45) is 5.73 Å². The number of nitrogens with one attached hydrogen (secondary N) is 3. The van der Waals surface area contributed by atoms with Crippen LogP contribution in [0.3, 0.4) is 0 Å². The third-order valence-electron chi connectivity index (χ3n) is 6.20. The van der Waals surface area contributed by atoms with E-state index in [9.17, 15) is 9.59 Å². The lowest BCUT2D eigenvalue weighted by molar-refractivity contribution is 0.0496. The van der Waals surface area contributed by atoms with E-state index >= 15 is 4.39 Å². The van der Waals surface area contributed by atoms with Crippen LogP contribution in [0.4, 0.5) is 26.5 Å². The first-order chi connectivity index (χ1) is 18.4. The number of nitrogens with two attached hydrogens (primary N) is 1. The molecule has 0 spiro atoms. The molecule has 5 N–H and O–H groups in total. The van der Waals surface area contributed by atoms with E-state index in [0.717, 1.165) is 17.0 Å². The molecule has 0 unspecified atom stereocenters. The summed E-state index contributed by atoms with van der Waals surface area (Å²) in [6.07, 6.45) is 2.55. The third-order valence-corrected chi connectivity index (χ3v) is 6.20.